The number of carbonyl (C=O) groups is 1. The molecule has 1 aliphatic rings. The van der Waals surface area contributed by atoms with Crippen LogP contribution in [-0.4, -0.2) is 56.9 Å². The molecule has 0 bridgehead atoms. The summed E-state index contributed by atoms with van der Waals surface area (Å²) in [6, 6.07) is 0.0719. The average Bonchev–Trinajstić information content (AvgIpc) is 2.97. The minimum Gasteiger partial charge on any atom is -0.444 e. The summed E-state index contributed by atoms with van der Waals surface area (Å²) in [4.78, 5) is 13.8. The number of carbonyl (C=O) groups excluding carboxylic acids is 1. The van der Waals surface area contributed by atoms with Crippen LogP contribution in [0.4, 0.5) is 4.79 Å². The predicted octanol–water partition coefficient (Wildman–Crippen LogP) is 1.50. The van der Waals surface area contributed by atoms with Crippen LogP contribution >= 0.6 is 0 Å². The fourth-order valence-corrected chi connectivity index (χ4v) is 2.43. The van der Waals surface area contributed by atoms with Crippen LogP contribution < -0.4 is 5.32 Å². The van der Waals surface area contributed by atoms with Crippen LogP contribution in [0.1, 0.15) is 52.4 Å². The van der Waals surface area contributed by atoms with Crippen LogP contribution in [0.5, 0.6) is 0 Å². The van der Waals surface area contributed by atoms with Crippen LogP contribution in [0.3, 0.4) is 0 Å². The molecule has 1 atom stereocenters. The van der Waals surface area contributed by atoms with Crippen LogP contribution in [0, 0.1) is 5.92 Å². The van der Waals surface area contributed by atoms with Crippen molar-refractivity contribution in [3.63, 3.8) is 0 Å². The molecule has 0 aliphatic carbocycles. The van der Waals surface area contributed by atoms with Crippen molar-refractivity contribution in [2.45, 2.75) is 52.2 Å². The Kier molecular flexibility index (Phi) is 5.33. The van der Waals surface area contributed by atoms with Crippen molar-refractivity contribution >= 4 is 6.09 Å². The van der Waals surface area contributed by atoms with E-state index in [1.54, 1.807) is 4.90 Å². The number of piperidine rings is 1. The Hall–Kier alpha value is -1.70. The van der Waals surface area contributed by atoms with E-state index in [-0.39, 0.29) is 12.1 Å². The standard InChI is InChI=1S/C14H26N6O2/c1-10(12-16-18-19-17-12)15-9-11-5-7-20(8-6-11)13(21)22-14(2,3)4/h10-11,15H,5-9H2,1-4H3,(H,16,17,18,19). The van der Waals surface area contributed by atoms with Gasteiger partial charge in [-0.3, -0.25) is 0 Å². The highest BCUT2D eigenvalue weighted by molar-refractivity contribution is 5.68. The summed E-state index contributed by atoms with van der Waals surface area (Å²) >= 11 is 0. The van der Waals surface area contributed by atoms with Gasteiger partial charge in [0.1, 0.15) is 5.60 Å². The van der Waals surface area contributed by atoms with Crippen molar-refractivity contribution in [3.05, 3.63) is 5.82 Å². The molecule has 0 saturated carbocycles. The molecular formula is C14H26N6O2. The summed E-state index contributed by atoms with van der Waals surface area (Å²) in [7, 11) is 0. The Morgan fingerprint density at radius 1 is 1.45 bits per heavy atom. The van der Waals surface area contributed by atoms with E-state index in [0.29, 0.717) is 11.7 Å². The largest absolute Gasteiger partial charge is 0.444 e. The first-order valence-corrected chi connectivity index (χ1v) is 7.80. The van der Waals surface area contributed by atoms with Gasteiger partial charge in [0.15, 0.2) is 5.82 Å². The fraction of sp³-hybridized carbons (Fsp3) is 0.857. The van der Waals surface area contributed by atoms with Crippen molar-refractivity contribution in [1.82, 2.24) is 30.8 Å². The number of aromatic nitrogens is 4. The average molecular weight is 310 g/mol. The molecule has 1 aromatic rings. The van der Waals surface area contributed by atoms with E-state index in [0.717, 1.165) is 32.5 Å². The lowest BCUT2D eigenvalue weighted by Gasteiger charge is -2.33. The molecule has 22 heavy (non-hydrogen) atoms. The Bertz CT molecular complexity index is 462. The molecule has 8 nitrogen and oxygen atoms in total. The van der Waals surface area contributed by atoms with E-state index < -0.39 is 5.60 Å². The summed E-state index contributed by atoms with van der Waals surface area (Å²) in [5.41, 5.74) is -0.435. The van der Waals surface area contributed by atoms with Gasteiger partial charge in [-0.05, 0) is 53.0 Å². The molecule has 2 heterocycles. The number of rotatable bonds is 4. The number of likely N-dealkylation sites (tertiary alicyclic amines) is 1. The number of nitrogens with zero attached hydrogens (tertiary/aromatic N) is 4. The Balaban J connectivity index is 1.70. The zero-order chi connectivity index (χ0) is 16.2. The van der Waals surface area contributed by atoms with Gasteiger partial charge < -0.3 is 15.0 Å². The molecule has 1 amide bonds. The van der Waals surface area contributed by atoms with E-state index in [4.69, 9.17) is 4.74 Å². The molecular weight excluding hydrogens is 284 g/mol. The minimum absolute atomic E-state index is 0.0719. The van der Waals surface area contributed by atoms with E-state index >= 15 is 0 Å². The Morgan fingerprint density at radius 3 is 2.68 bits per heavy atom. The quantitative estimate of drug-likeness (QED) is 0.875. The highest BCUT2D eigenvalue weighted by atomic mass is 16.6. The molecule has 1 unspecified atom stereocenters. The Labute approximate surface area is 131 Å². The van der Waals surface area contributed by atoms with Crippen LogP contribution in [0.2, 0.25) is 0 Å². The second-order valence-corrected chi connectivity index (χ2v) is 6.81. The van der Waals surface area contributed by atoms with E-state index in [1.165, 1.54) is 0 Å². The highest BCUT2D eigenvalue weighted by Gasteiger charge is 2.27. The van der Waals surface area contributed by atoms with E-state index in [9.17, 15) is 4.79 Å². The second kappa shape index (κ2) is 7.04. The molecule has 0 spiro atoms. The molecule has 1 aliphatic heterocycles. The third-order valence-electron chi connectivity index (χ3n) is 3.73. The predicted molar refractivity (Wildman–Crippen MR) is 81.1 cm³/mol. The number of H-pyrrole nitrogens is 1. The molecule has 2 N–H and O–H groups in total. The number of tetrazole rings is 1. The first-order chi connectivity index (χ1) is 10.3. The number of aromatic amines is 1. The summed E-state index contributed by atoms with van der Waals surface area (Å²) in [6.45, 7) is 10.1. The lowest BCUT2D eigenvalue weighted by molar-refractivity contribution is 0.0183. The molecule has 2 rings (SSSR count). The van der Waals surface area contributed by atoms with Gasteiger partial charge in [-0.1, -0.05) is 5.21 Å². The number of amides is 1. The first kappa shape index (κ1) is 16.7. The lowest BCUT2D eigenvalue weighted by atomic mass is 9.97. The van der Waals surface area contributed by atoms with E-state index in [1.807, 2.05) is 27.7 Å². The molecule has 124 valence electrons. The maximum Gasteiger partial charge on any atom is 0.410 e. The number of hydrogen-bond acceptors (Lipinski definition) is 6. The second-order valence-electron chi connectivity index (χ2n) is 6.81. The van der Waals surface area contributed by atoms with Gasteiger partial charge in [0.25, 0.3) is 0 Å². The van der Waals surface area contributed by atoms with Gasteiger partial charge in [-0.25, -0.2) is 4.79 Å². The van der Waals surface area contributed by atoms with Gasteiger partial charge in [0.05, 0.1) is 6.04 Å². The van der Waals surface area contributed by atoms with Gasteiger partial charge >= 0.3 is 6.09 Å². The number of ether oxygens (including phenoxy) is 1. The molecule has 1 fully saturated rings. The van der Waals surface area contributed by atoms with Gasteiger partial charge in [-0.2, -0.15) is 5.21 Å². The molecule has 0 radical (unpaired) electrons. The van der Waals surface area contributed by atoms with Crippen LogP contribution in [0.15, 0.2) is 0 Å². The van der Waals surface area contributed by atoms with Gasteiger partial charge in [0, 0.05) is 13.1 Å². The van der Waals surface area contributed by atoms with Crippen LogP contribution in [0.25, 0.3) is 0 Å². The van der Waals surface area contributed by atoms with Gasteiger partial charge in [0.2, 0.25) is 0 Å². The zero-order valence-corrected chi connectivity index (χ0v) is 13.8. The Morgan fingerprint density at radius 2 is 2.14 bits per heavy atom. The van der Waals surface area contributed by atoms with Crippen molar-refractivity contribution in [2.75, 3.05) is 19.6 Å². The fourth-order valence-electron chi connectivity index (χ4n) is 2.43. The van der Waals surface area contributed by atoms with Crippen LogP contribution in [-0.2, 0) is 4.74 Å². The molecule has 0 aromatic carbocycles. The van der Waals surface area contributed by atoms with Gasteiger partial charge in [-0.15, -0.1) is 10.2 Å². The topological polar surface area (TPSA) is 96.0 Å². The third kappa shape index (κ3) is 4.94. The summed E-state index contributed by atoms with van der Waals surface area (Å²) in [6.07, 6.45) is 1.75. The highest BCUT2D eigenvalue weighted by Crippen LogP contribution is 2.20. The molecule has 1 aromatic heterocycles. The van der Waals surface area contributed by atoms with Crippen molar-refractivity contribution < 1.29 is 9.53 Å². The molecule has 8 heteroatoms. The number of nitrogens with one attached hydrogen (secondary N) is 2. The van der Waals surface area contributed by atoms with E-state index in [2.05, 4.69) is 25.9 Å². The minimum atomic E-state index is -0.435. The number of hydrogen-bond donors (Lipinski definition) is 2. The summed E-state index contributed by atoms with van der Waals surface area (Å²) in [5, 5.41) is 17.4. The smallest absolute Gasteiger partial charge is 0.410 e. The normalized spacial score (nSPS) is 18.3. The zero-order valence-electron chi connectivity index (χ0n) is 13.8. The maximum atomic E-state index is 12.0. The van der Waals surface area contributed by atoms with Crippen molar-refractivity contribution in [3.8, 4) is 0 Å². The third-order valence-corrected chi connectivity index (χ3v) is 3.73. The SMILES string of the molecule is CC(NCC1CCN(C(=O)OC(C)(C)C)CC1)c1nn[nH]n1. The lowest BCUT2D eigenvalue weighted by Crippen LogP contribution is -2.43. The van der Waals surface area contributed by atoms with Crippen molar-refractivity contribution in [1.29, 1.82) is 0 Å². The maximum absolute atomic E-state index is 12.0. The summed E-state index contributed by atoms with van der Waals surface area (Å²) in [5.74, 6) is 1.22. The monoisotopic (exact) mass is 310 g/mol. The first-order valence-electron chi connectivity index (χ1n) is 7.80. The summed E-state index contributed by atoms with van der Waals surface area (Å²) < 4.78 is 5.40. The molecule has 1 saturated heterocycles. The van der Waals surface area contributed by atoms with Crippen molar-refractivity contribution in [2.24, 2.45) is 5.92 Å².